The number of piperazine rings is 1. The second-order valence-electron chi connectivity index (χ2n) is 7.47. The number of hydrogen-bond acceptors (Lipinski definition) is 5. The van der Waals surface area contributed by atoms with E-state index in [0.29, 0.717) is 6.42 Å². The molecule has 2 aromatic carbocycles. The predicted molar refractivity (Wildman–Crippen MR) is 119 cm³/mol. The molecule has 29 heavy (non-hydrogen) atoms. The van der Waals surface area contributed by atoms with Gasteiger partial charge in [-0.05, 0) is 36.0 Å². The number of hydrogen-bond donors (Lipinski definition) is 1. The van der Waals surface area contributed by atoms with Crippen molar-refractivity contribution in [1.29, 1.82) is 0 Å². The summed E-state index contributed by atoms with van der Waals surface area (Å²) in [4.78, 5) is 9.99. The van der Waals surface area contributed by atoms with Crippen molar-refractivity contribution in [2.75, 3.05) is 51.3 Å². The van der Waals surface area contributed by atoms with Crippen LogP contribution in [0.2, 0.25) is 0 Å². The number of nitrogens with zero attached hydrogens (tertiary/aromatic N) is 3. The topological polar surface area (TPSA) is 48.8 Å². The van der Waals surface area contributed by atoms with E-state index in [1.807, 2.05) is 12.1 Å². The number of ether oxygens (including phenoxy) is 1. The first-order valence-electron chi connectivity index (χ1n) is 10.4. The molecule has 1 aliphatic heterocycles. The van der Waals surface area contributed by atoms with Crippen molar-refractivity contribution in [3.05, 3.63) is 54.1 Å². The van der Waals surface area contributed by atoms with Crippen molar-refractivity contribution in [2.24, 2.45) is 0 Å². The highest BCUT2D eigenvalue weighted by atomic mass is 16.5. The molecule has 0 saturated carbocycles. The fourth-order valence-electron chi connectivity index (χ4n) is 4.08. The van der Waals surface area contributed by atoms with Crippen molar-refractivity contribution in [1.82, 2.24) is 9.88 Å². The highest BCUT2D eigenvalue weighted by Gasteiger charge is 2.20. The predicted octanol–water partition coefficient (Wildman–Crippen LogP) is 3.59. The van der Waals surface area contributed by atoms with E-state index in [1.54, 1.807) is 7.11 Å². The molecule has 0 unspecified atom stereocenters. The average molecular weight is 392 g/mol. The Labute approximate surface area is 172 Å². The first-order valence-corrected chi connectivity index (χ1v) is 10.4. The number of pyridine rings is 1. The second kappa shape index (κ2) is 8.80. The third-order valence-electron chi connectivity index (χ3n) is 5.80. The number of anilines is 1. The standard InChI is InChI=1S/C24H29N3O2/c1-3-26-11-13-27(14-12-26)24-21-7-5-4-6-19(21)16-22(25-24)20-9-8-18(10-15-28)23(17-20)29-2/h4-9,16-17,28H,3,10-15H2,1-2H3. The highest BCUT2D eigenvalue weighted by Crippen LogP contribution is 2.33. The molecule has 0 bridgehead atoms. The zero-order valence-electron chi connectivity index (χ0n) is 17.3. The molecule has 1 saturated heterocycles. The summed E-state index contributed by atoms with van der Waals surface area (Å²) < 4.78 is 5.56. The maximum absolute atomic E-state index is 9.28. The van der Waals surface area contributed by atoms with Gasteiger partial charge in [-0.15, -0.1) is 0 Å². The lowest BCUT2D eigenvalue weighted by molar-refractivity contribution is 0.271. The van der Waals surface area contributed by atoms with Crippen molar-refractivity contribution in [3.8, 4) is 17.0 Å². The van der Waals surface area contributed by atoms with Gasteiger partial charge in [0.25, 0.3) is 0 Å². The van der Waals surface area contributed by atoms with Crippen LogP contribution in [0.25, 0.3) is 22.0 Å². The molecule has 0 amide bonds. The van der Waals surface area contributed by atoms with Crippen LogP contribution < -0.4 is 9.64 Å². The molecule has 5 nitrogen and oxygen atoms in total. The number of rotatable bonds is 6. The number of aromatic nitrogens is 1. The minimum Gasteiger partial charge on any atom is -0.496 e. The van der Waals surface area contributed by atoms with Gasteiger partial charge < -0.3 is 19.6 Å². The number of methoxy groups -OCH3 is 1. The van der Waals surface area contributed by atoms with Crippen LogP contribution in [-0.4, -0.2) is 61.4 Å². The summed E-state index contributed by atoms with van der Waals surface area (Å²) in [5, 5.41) is 11.7. The Balaban J connectivity index is 1.76. The van der Waals surface area contributed by atoms with Crippen LogP contribution in [0, 0.1) is 0 Å². The SMILES string of the molecule is CCN1CCN(c2nc(-c3ccc(CCO)c(OC)c3)cc3ccccc23)CC1. The van der Waals surface area contributed by atoms with Crippen molar-refractivity contribution in [2.45, 2.75) is 13.3 Å². The van der Waals surface area contributed by atoms with Crippen LogP contribution in [0.1, 0.15) is 12.5 Å². The van der Waals surface area contributed by atoms with Gasteiger partial charge in [0.15, 0.2) is 0 Å². The number of fused-ring (bicyclic) bond motifs is 1. The lowest BCUT2D eigenvalue weighted by atomic mass is 10.0. The lowest BCUT2D eigenvalue weighted by Gasteiger charge is -2.35. The van der Waals surface area contributed by atoms with Crippen molar-refractivity contribution >= 4 is 16.6 Å². The quantitative estimate of drug-likeness (QED) is 0.696. The minimum absolute atomic E-state index is 0.109. The Hall–Kier alpha value is -2.63. The molecule has 0 radical (unpaired) electrons. The van der Waals surface area contributed by atoms with Gasteiger partial charge in [0.05, 0.1) is 12.8 Å². The molecule has 1 aromatic heterocycles. The van der Waals surface area contributed by atoms with E-state index < -0.39 is 0 Å². The molecular formula is C24H29N3O2. The summed E-state index contributed by atoms with van der Waals surface area (Å²) in [5.41, 5.74) is 2.99. The largest absolute Gasteiger partial charge is 0.496 e. The summed E-state index contributed by atoms with van der Waals surface area (Å²) >= 11 is 0. The third-order valence-corrected chi connectivity index (χ3v) is 5.80. The Morgan fingerprint density at radius 1 is 1.03 bits per heavy atom. The Bertz CT molecular complexity index is 981. The number of likely N-dealkylation sites (N-methyl/N-ethyl adjacent to an activating group) is 1. The monoisotopic (exact) mass is 391 g/mol. The second-order valence-corrected chi connectivity index (χ2v) is 7.47. The number of aliphatic hydroxyl groups excluding tert-OH is 1. The van der Waals surface area contributed by atoms with E-state index >= 15 is 0 Å². The van der Waals surface area contributed by atoms with Gasteiger partial charge in [0.1, 0.15) is 11.6 Å². The zero-order chi connectivity index (χ0) is 20.2. The minimum atomic E-state index is 0.109. The Morgan fingerprint density at radius 3 is 2.55 bits per heavy atom. The Morgan fingerprint density at radius 2 is 1.83 bits per heavy atom. The third kappa shape index (κ3) is 4.07. The van der Waals surface area contributed by atoms with Crippen LogP contribution in [0.15, 0.2) is 48.5 Å². The van der Waals surface area contributed by atoms with Gasteiger partial charge in [-0.2, -0.15) is 0 Å². The van der Waals surface area contributed by atoms with E-state index in [4.69, 9.17) is 9.72 Å². The summed E-state index contributed by atoms with van der Waals surface area (Å²) in [7, 11) is 1.67. The van der Waals surface area contributed by atoms with Crippen LogP contribution in [-0.2, 0) is 6.42 Å². The molecule has 152 valence electrons. The van der Waals surface area contributed by atoms with Crippen LogP contribution in [0.5, 0.6) is 5.75 Å². The lowest BCUT2D eigenvalue weighted by Crippen LogP contribution is -2.46. The summed E-state index contributed by atoms with van der Waals surface area (Å²) in [5.74, 6) is 1.86. The molecule has 2 heterocycles. The Kier molecular flexibility index (Phi) is 5.97. The van der Waals surface area contributed by atoms with Gasteiger partial charge in [-0.25, -0.2) is 4.98 Å². The first-order chi connectivity index (χ1) is 14.2. The maximum atomic E-state index is 9.28. The molecule has 5 heteroatoms. The van der Waals surface area contributed by atoms with E-state index in [2.05, 4.69) is 53.1 Å². The zero-order valence-corrected chi connectivity index (χ0v) is 17.3. The molecule has 0 aliphatic carbocycles. The van der Waals surface area contributed by atoms with Crippen molar-refractivity contribution < 1.29 is 9.84 Å². The molecule has 0 spiro atoms. The fraction of sp³-hybridized carbons (Fsp3) is 0.375. The molecule has 3 aromatic rings. The van der Waals surface area contributed by atoms with Gasteiger partial charge in [0, 0.05) is 43.7 Å². The smallest absolute Gasteiger partial charge is 0.137 e. The summed E-state index contributed by atoms with van der Waals surface area (Å²) in [6, 6.07) is 16.8. The van der Waals surface area contributed by atoms with Gasteiger partial charge >= 0.3 is 0 Å². The summed E-state index contributed by atoms with van der Waals surface area (Å²) in [6.45, 7) is 7.55. The maximum Gasteiger partial charge on any atom is 0.137 e. The van der Waals surface area contributed by atoms with Crippen LogP contribution in [0.3, 0.4) is 0 Å². The van der Waals surface area contributed by atoms with Gasteiger partial charge in [0.2, 0.25) is 0 Å². The highest BCUT2D eigenvalue weighted by molar-refractivity contribution is 5.95. The summed E-state index contributed by atoms with van der Waals surface area (Å²) in [6.07, 6.45) is 0.585. The molecule has 1 aliphatic rings. The van der Waals surface area contributed by atoms with Crippen molar-refractivity contribution in [3.63, 3.8) is 0 Å². The van der Waals surface area contributed by atoms with Gasteiger partial charge in [-0.3, -0.25) is 0 Å². The van der Waals surface area contributed by atoms with E-state index in [0.717, 1.165) is 61.1 Å². The molecule has 0 atom stereocenters. The fourth-order valence-corrected chi connectivity index (χ4v) is 4.08. The molecule has 1 N–H and O–H groups in total. The molecule has 1 fully saturated rings. The van der Waals surface area contributed by atoms with Crippen LogP contribution >= 0.6 is 0 Å². The van der Waals surface area contributed by atoms with Gasteiger partial charge in [-0.1, -0.05) is 43.3 Å². The van der Waals surface area contributed by atoms with E-state index in [1.165, 1.54) is 10.8 Å². The molecular weight excluding hydrogens is 362 g/mol. The van der Waals surface area contributed by atoms with E-state index in [-0.39, 0.29) is 6.61 Å². The number of benzene rings is 2. The molecule has 4 rings (SSSR count). The number of aliphatic hydroxyl groups is 1. The normalized spacial score (nSPS) is 15.1. The van der Waals surface area contributed by atoms with Crippen LogP contribution in [0.4, 0.5) is 5.82 Å². The average Bonchev–Trinajstić information content (AvgIpc) is 2.79. The van der Waals surface area contributed by atoms with E-state index in [9.17, 15) is 5.11 Å². The first kappa shape index (κ1) is 19.7.